The van der Waals surface area contributed by atoms with Gasteiger partial charge in [-0.15, -0.1) is 0 Å². The van der Waals surface area contributed by atoms with Crippen molar-refractivity contribution >= 4 is 32.7 Å². The molecule has 5 nitrogen and oxygen atoms in total. The summed E-state index contributed by atoms with van der Waals surface area (Å²) in [6.45, 7) is 0. The number of furan rings is 1. The molecule has 5 heteroatoms. The summed E-state index contributed by atoms with van der Waals surface area (Å²) in [4.78, 5) is 20.5. The van der Waals surface area contributed by atoms with E-state index >= 15 is 0 Å². The molecule has 334 valence electrons. The van der Waals surface area contributed by atoms with Gasteiger partial charge in [-0.1, -0.05) is 224 Å². The van der Waals surface area contributed by atoms with Gasteiger partial charge >= 0.3 is 0 Å². The van der Waals surface area contributed by atoms with Crippen molar-refractivity contribution in [3.05, 3.63) is 265 Å². The summed E-state index contributed by atoms with van der Waals surface area (Å²) in [6, 6.07) is 86.1. The average Bonchev–Trinajstić information content (AvgIpc) is 4.09. The maximum absolute atomic E-state index is 6.53. The van der Waals surface area contributed by atoms with Crippen LogP contribution in [0.25, 0.3) is 123 Å². The third-order valence-electron chi connectivity index (χ3n) is 15.0. The maximum atomic E-state index is 6.53. The fraction of sp³-hybridized carbons (Fsp3) is 0.0149. The molecule has 0 N–H and O–H groups in total. The summed E-state index contributed by atoms with van der Waals surface area (Å²) < 4.78 is 6.53. The molecule has 3 heterocycles. The first-order valence-electron chi connectivity index (χ1n) is 24.5. The Balaban J connectivity index is 0.805. The first-order chi connectivity index (χ1) is 35.7. The van der Waals surface area contributed by atoms with E-state index in [1.165, 1.54) is 44.3 Å². The van der Waals surface area contributed by atoms with Crippen LogP contribution < -0.4 is 0 Å². The van der Waals surface area contributed by atoms with Gasteiger partial charge in [0.1, 0.15) is 11.2 Å². The Hall–Kier alpha value is -9.58. The monoisotopic (exact) mass is 916 g/mol. The molecule has 10 aromatic carbocycles. The van der Waals surface area contributed by atoms with Gasteiger partial charge in [-0.05, 0) is 73.7 Å². The number of aromatic nitrogens is 4. The van der Waals surface area contributed by atoms with Crippen molar-refractivity contribution in [3.8, 4) is 90.1 Å². The molecular weight excluding hydrogens is 877 g/mol. The van der Waals surface area contributed by atoms with Crippen molar-refractivity contribution in [2.24, 2.45) is 0 Å². The SMILES string of the molecule is c1ccc(-c2nc(-c3ccccc3)nc(-c3ccc(-c4cccc5oc6ccc(-c7ccc(-c8nc9c(c%10ccccc8%10)C8(c%10ccccc%10-c%10ccccc%108)c8ccccc8-9)cc7)cc6c45)cc3)n2)cc1. The molecule has 2 aliphatic rings. The molecule has 2 aliphatic carbocycles. The Morgan fingerprint density at radius 3 is 1.39 bits per heavy atom. The highest BCUT2D eigenvalue weighted by Crippen LogP contribution is 2.64. The molecule has 0 unspecified atom stereocenters. The number of fused-ring (bicyclic) bond motifs is 15. The summed E-state index contributed by atoms with van der Waals surface area (Å²) >= 11 is 0. The minimum absolute atomic E-state index is 0.469. The molecule has 72 heavy (non-hydrogen) atoms. The van der Waals surface area contributed by atoms with Crippen LogP contribution in [0.1, 0.15) is 22.3 Å². The van der Waals surface area contributed by atoms with Crippen LogP contribution in [0.4, 0.5) is 0 Å². The highest BCUT2D eigenvalue weighted by Gasteiger charge is 2.53. The number of rotatable bonds is 6. The predicted molar refractivity (Wildman–Crippen MR) is 291 cm³/mol. The molecule has 1 spiro atoms. The lowest BCUT2D eigenvalue weighted by molar-refractivity contribution is 0.669. The van der Waals surface area contributed by atoms with Crippen LogP contribution >= 0.6 is 0 Å². The van der Waals surface area contributed by atoms with Crippen LogP contribution in [0.15, 0.2) is 247 Å². The third kappa shape index (κ3) is 5.95. The molecule has 0 amide bonds. The zero-order valence-corrected chi connectivity index (χ0v) is 38.8. The Bertz CT molecular complexity index is 4210. The summed E-state index contributed by atoms with van der Waals surface area (Å²) in [7, 11) is 0. The molecule has 0 saturated carbocycles. The molecular formula is C67H40N4O. The first-order valence-corrected chi connectivity index (χ1v) is 24.5. The van der Waals surface area contributed by atoms with E-state index in [0.29, 0.717) is 17.5 Å². The van der Waals surface area contributed by atoms with Crippen LogP contribution in [0, 0.1) is 0 Å². The van der Waals surface area contributed by atoms with Gasteiger partial charge in [0.15, 0.2) is 17.5 Å². The van der Waals surface area contributed by atoms with E-state index < -0.39 is 5.41 Å². The third-order valence-corrected chi connectivity index (χ3v) is 15.0. The maximum Gasteiger partial charge on any atom is 0.164 e. The van der Waals surface area contributed by atoms with Crippen LogP contribution in [0.3, 0.4) is 0 Å². The molecule has 13 aromatic rings. The zero-order chi connectivity index (χ0) is 47.3. The molecule has 0 atom stereocenters. The number of benzene rings is 10. The van der Waals surface area contributed by atoms with Gasteiger partial charge in [-0.2, -0.15) is 0 Å². The summed E-state index contributed by atoms with van der Waals surface area (Å²) in [5.74, 6) is 1.90. The van der Waals surface area contributed by atoms with Gasteiger partial charge in [-0.25, -0.2) is 19.9 Å². The number of pyridine rings is 1. The first kappa shape index (κ1) is 40.3. The molecule has 15 rings (SSSR count). The van der Waals surface area contributed by atoms with Crippen LogP contribution in [0.2, 0.25) is 0 Å². The van der Waals surface area contributed by atoms with Crippen molar-refractivity contribution in [1.29, 1.82) is 0 Å². The lowest BCUT2D eigenvalue weighted by Gasteiger charge is -2.31. The number of nitrogens with zero attached hydrogens (tertiary/aromatic N) is 4. The second-order valence-corrected chi connectivity index (χ2v) is 18.8. The van der Waals surface area contributed by atoms with Gasteiger partial charge in [-0.3, -0.25) is 0 Å². The summed E-state index contributed by atoms with van der Waals surface area (Å²) in [6.07, 6.45) is 0. The Labute approximate surface area is 415 Å². The van der Waals surface area contributed by atoms with E-state index in [-0.39, 0.29) is 0 Å². The van der Waals surface area contributed by atoms with Crippen molar-refractivity contribution in [3.63, 3.8) is 0 Å². The summed E-state index contributed by atoms with van der Waals surface area (Å²) in [5.41, 5.74) is 20.5. The van der Waals surface area contributed by atoms with Gasteiger partial charge in [0.25, 0.3) is 0 Å². The molecule has 0 bridgehead atoms. The van der Waals surface area contributed by atoms with Crippen molar-refractivity contribution in [1.82, 2.24) is 19.9 Å². The van der Waals surface area contributed by atoms with Gasteiger partial charge in [0.2, 0.25) is 0 Å². The average molecular weight is 917 g/mol. The Kier molecular flexibility index (Phi) is 8.80. The number of hydrogen-bond acceptors (Lipinski definition) is 5. The summed E-state index contributed by atoms with van der Waals surface area (Å²) in [5, 5.41) is 4.52. The molecule has 0 fully saturated rings. The van der Waals surface area contributed by atoms with Crippen molar-refractivity contribution < 1.29 is 4.42 Å². The fourth-order valence-electron chi connectivity index (χ4n) is 11.8. The topological polar surface area (TPSA) is 64.7 Å². The van der Waals surface area contributed by atoms with Gasteiger partial charge in [0, 0.05) is 49.5 Å². The van der Waals surface area contributed by atoms with Gasteiger partial charge in [0.05, 0.1) is 16.8 Å². The number of hydrogen-bond donors (Lipinski definition) is 0. The lowest BCUT2D eigenvalue weighted by Crippen LogP contribution is -2.26. The second kappa shape index (κ2) is 15.7. The Morgan fingerprint density at radius 2 is 0.750 bits per heavy atom. The second-order valence-electron chi connectivity index (χ2n) is 18.8. The van der Waals surface area contributed by atoms with Crippen LogP contribution in [-0.4, -0.2) is 19.9 Å². The van der Waals surface area contributed by atoms with E-state index in [9.17, 15) is 0 Å². The van der Waals surface area contributed by atoms with Crippen LogP contribution in [-0.2, 0) is 5.41 Å². The van der Waals surface area contributed by atoms with E-state index in [1.807, 2.05) is 60.7 Å². The smallest absolute Gasteiger partial charge is 0.164 e. The highest BCUT2D eigenvalue weighted by atomic mass is 16.3. The fourth-order valence-corrected chi connectivity index (χ4v) is 11.8. The predicted octanol–water partition coefficient (Wildman–Crippen LogP) is 16.7. The lowest BCUT2D eigenvalue weighted by atomic mass is 9.69. The minimum atomic E-state index is -0.469. The zero-order valence-electron chi connectivity index (χ0n) is 38.8. The van der Waals surface area contributed by atoms with E-state index in [4.69, 9.17) is 24.4 Å². The van der Waals surface area contributed by atoms with E-state index in [0.717, 1.165) is 83.2 Å². The standard InChI is InChI=1S/C67H40N4O/c1-3-16-44(17-4-1)64-69-65(45-18-5-2-6-19-45)71-66(70-64)46-36-32-42(33-37-46)48-25-15-29-59-60(48)54-40-47(38-39-58(54)72-59)41-30-34-43(35-31-41)62-52-23-8-7-22-51(52)61-63(68-62)53-24-11-14-28-57(53)67(61)55-26-12-9-20-49(55)50-21-10-13-27-56(50)67/h1-40H. The quantitative estimate of drug-likeness (QED) is 0.166. The highest BCUT2D eigenvalue weighted by molar-refractivity contribution is 6.13. The van der Waals surface area contributed by atoms with Gasteiger partial charge < -0.3 is 4.42 Å². The van der Waals surface area contributed by atoms with Crippen molar-refractivity contribution in [2.45, 2.75) is 5.41 Å². The van der Waals surface area contributed by atoms with E-state index in [1.54, 1.807) is 0 Å². The molecule has 0 saturated heterocycles. The molecule has 3 aromatic heterocycles. The van der Waals surface area contributed by atoms with Crippen LogP contribution in [0.5, 0.6) is 0 Å². The largest absolute Gasteiger partial charge is 0.456 e. The van der Waals surface area contributed by atoms with E-state index in [2.05, 4.69) is 182 Å². The molecule has 0 aliphatic heterocycles. The van der Waals surface area contributed by atoms with Crippen molar-refractivity contribution in [2.75, 3.05) is 0 Å². The Morgan fingerprint density at radius 1 is 0.278 bits per heavy atom. The molecule has 0 radical (unpaired) electrons. The normalized spacial score (nSPS) is 12.8. The minimum Gasteiger partial charge on any atom is -0.456 e.